The van der Waals surface area contributed by atoms with Crippen molar-refractivity contribution >= 4 is 17.4 Å². The summed E-state index contributed by atoms with van der Waals surface area (Å²) >= 11 is 0. The fourth-order valence-electron chi connectivity index (χ4n) is 4.57. The van der Waals surface area contributed by atoms with Gasteiger partial charge in [-0.1, -0.05) is 6.07 Å². The molecule has 0 spiro atoms. The van der Waals surface area contributed by atoms with Crippen LogP contribution in [0.2, 0.25) is 0 Å². The van der Waals surface area contributed by atoms with Gasteiger partial charge in [-0.3, -0.25) is 9.78 Å². The van der Waals surface area contributed by atoms with E-state index in [9.17, 15) is 18.0 Å². The Morgan fingerprint density at radius 2 is 1.97 bits per heavy atom. The zero-order valence-corrected chi connectivity index (χ0v) is 20.3. The number of halogens is 3. The van der Waals surface area contributed by atoms with Gasteiger partial charge >= 0.3 is 6.18 Å². The molecule has 1 aromatic heterocycles. The Bertz CT molecular complexity index is 1590. The zero-order valence-electron chi connectivity index (χ0n) is 20.3. The van der Waals surface area contributed by atoms with E-state index in [1.165, 1.54) is 0 Å². The molecule has 38 heavy (non-hydrogen) atoms. The first-order chi connectivity index (χ1) is 18.3. The van der Waals surface area contributed by atoms with Gasteiger partial charge in [0.15, 0.2) is 0 Å². The fraction of sp³-hybridized carbons (Fsp3) is 0.269. The molecular weight excluding hydrogens is 497 g/mol. The quantitative estimate of drug-likeness (QED) is 0.381. The summed E-state index contributed by atoms with van der Waals surface area (Å²) in [6.45, 7) is 5.05. The summed E-state index contributed by atoms with van der Waals surface area (Å²) in [7, 11) is 0. The number of amides is 1. The maximum atomic E-state index is 13.1. The molecule has 1 aromatic carbocycles. The van der Waals surface area contributed by atoms with Crippen molar-refractivity contribution in [1.29, 1.82) is 0 Å². The van der Waals surface area contributed by atoms with E-state index in [1.54, 1.807) is 18.3 Å². The number of hydrogen-bond acceptors (Lipinski definition) is 7. The van der Waals surface area contributed by atoms with Crippen LogP contribution in [0, 0.1) is 6.92 Å². The van der Waals surface area contributed by atoms with Gasteiger partial charge in [-0.2, -0.15) is 18.2 Å². The van der Waals surface area contributed by atoms with Crippen LogP contribution in [-0.2, 0) is 12.7 Å². The smallest absolute Gasteiger partial charge is 0.369 e. The largest absolute Gasteiger partial charge is 0.416 e. The molecular formula is C26H23F3N8O. The lowest BCUT2D eigenvalue weighted by molar-refractivity contribution is -0.137. The Hall–Kier alpha value is -4.32. The summed E-state index contributed by atoms with van der Waals surface area (Å²) in [5.74, 6) is 0.944. The Morgan fingerprint density at radius 1 is 1.13 bits per heavy atom. The first-order valence-corrected chi connectivity index (χ1v) is 12.1. The summed E-state index contributed by atoms with van der Waals surface area (Å²) in [5.41, 5.74) is 3.21. The summed E-state index contributed by atoms with van der Waals surface area (Å²) < 4.78 is 41.3. The number of carbonyl (C=O) groups is 1. The molecule has 4 aliphatic rings. The Morgan fingerprint density at radius 3 is 2.74 bits per heavy atom. The van der Waals surface area contributed by atoms with E-state index in [0.717, 1.165) is 78.4 Å². The van der Waals surface area contributed by atoms with Crippen molar-refractivity contribution in [3.63, 3.8) is 0 Å². The zero-order chi connectivity index (χ0) is 26.4. The number of rotatable bonds is 4. The highest BCUT2D eigenvalue weighted by molar-refractivity contribution is 6.03. The van der Waals surface area contributed by atoms with Crippen LogP contribution in [0.4, 0.5) is 24.7 Å². The molecule has 0 saturated carbocycles. The number of nitrogens with one attached hydrogen (secondary N) is 3. The lowest BCUT2D eigenvalue weighted by Crippen LogP contribution is -2.46. The Kier molecular flexibility index (Phi) is 5.83. The van der Waals surface area contributed by atoms with Gasteiger partial charge in [0.25, 0.3) is 5.91 Å². The van der Waals surface area contributed by atoms with Crippen molar-refractivity contribution in [2.24, 2.45) is 4.99 Å². The van der Waals surface area contributed by atoms with Gasteiger partial charge in [0.05, 0.1) is 11.6 Å². The molecule has 0 atom stereocenters. The molecule has 1 saturated heterocycles. The van der Waals surface area contributed by atoms with E-state index in [1.807, 2.05) is 19.1 Å². The number of anilines is 2. The standard InChI is InChI=1S/C26H23F3N8O/c1-14-2-3-17(34-24(38)21-9-16(4-5-31-21)26(27,28)29)10-19(14)20-8-15-11-33-25(35-18-12-30-13-18)36-22(15)37-7-6-32-23(20)37/h2-5,8-11,18,30,32H,6-7,12-13H2,1H3,(H,34,38). The van der Waals surface area contributed by atoms with E-state index in [2.05, 4.69) is 35.5 Å². The van der Waals surface area contributed by atoms with Crippen LogP contribution in [0.1, 0.15) is 21.6 Å². The molecule has 0 unspecified atom stereocenters. The molecule has 1 amide bonds. The number of nitrogens with zero attached hydrogens (tertiary/aromatic N) is 5. The summed E-state index contributed by atoms with van der Waals surface area (Å²) in [5, 5.41) is 9.30. The number of fused-ring (bicyclic) bond motifs is 3. The van der Waals surface area contributed by atoms with E-state index in [0.29, 0.717) is 11.3 Å². The van der Waals surface area contributed by atoms with Crippen molar-refractivity contribution in [2.75, 3.05) is 30.3 Å². The third kappa shape index (κ3) is 4.47. The van der Waals surface area contributed by atoms with Crippen molar-refractivity contribution in [3.8, 4) is 22.5 Å². The molecule has 12 heteroatoms. The van der Waals surface area contributed by atoms with E-state index < -0.39 is 17.6 Å². The summed E-state index contributed by atoms with van der Waals surface area (Å²) in [4.78, 5) is 30.3. The predicted octanol–water partition coefficient (Wildman–Crippen LogP) is 3.32. The van der Waals surface area contributed by atoms with Gasteiger partial charge in [0.2, 0.25) is 5.62 Å². The van der Waals surface area contributed by atoms with Crippen LogP contribution in [0.15, 0.2) is 53.8 Å². The van der Waals surface area contributed by atoms with Crippen LogP contribution in [0.5, 0.6) is 0 Å². The third-order valence-electron chi connectivity index (χ3n) is 6.66. The first kappa shape index (κ1) is 24.0. The first-order valence-electron chi connectivity index (χ1n) is 12.1. The van der Waals surface area contributed by atoms with Crippen molar-refractivity contribution < 1.29 is 18.0 Å². The van der Waals surface area contributed by atoms with Crippen molar-refractivity contribution in [2.45, 2.75) is 25.7 Å². The Balaban J connectivity index is 1.36. The average Bonchev–Trinajstić information content (AvgIpc) is 3.37. The molecule has 4 aliphatic heterocycles. The number of alkyl halides is 3. The molecule has 2 aromatic rings. The third-order valence-corrected chi connectivity index (χ3v) is 6.66. The van der Waals surface area contributed by atoms with E-state index >= 15 is 0 Å². The highest BCUT2D eigenvalue weighted by Crippen LogP contribution is 2.39. The maximum absolute atomic E-state index is 13.1. The minimum Gasteiger partial charge on any atom is -0.369 e. The number of pyridine rings is 2. The van der Waals surface area contributed by atoms with E-state index in [4.69, 9.17) is 4.98 Å². The molecule has 9 nitrogen and oxygen atoms in total. The lowest BCUT2D eigenvalue weighted by atomic mass is 9.98. The minimum atomic E-state index is -4.57. The second-order valence-electron chi connectivity index (χ2n) is 9.29. The summed E-state index contributed by atoms with van der Waals surface area (Å²) in [6, 6.07) is 9.12. The van der Waals surface area contributed by atoms with Gasteiger partial charge < -0.3 is 20.5 Å². The molecule has 0 bridgehead atoms. The van der Waals surface area contributed by atoms with Gasteiger partial charge in [0.1, 0.15) is 17.3 Å². The molecule has 5 heterocycles. The van der Waals surface area contributed by atoms with Crippen molar-refractivity contribution in [3.05, 3.63) is 71.2 Å². The number of hydrogen-bond donors (Lipinski definition) is 3. The molecule has 6 rings (SSSR count). The van der Waals surface area contributed by atoms with Crippen LogP contribution >= 0.6 is 0 Å². The number of aryl methyl sites for hydroxylation is 1. The second kappa shape index (κ2) is 9.21. The van der Waals surface area contributed by atoms with Gasteiger partial charge in [-0.25, -0.2) is 9.98 Å². The van der Waals surface area contributed by atoms with Crippen LogP contribution in [0.3, 0.4) is 0 Å². The highest BCUT2D eigenvalue weighted by atomic mass is 19.4. The van der Waals surface area contributed by atoms with Gasteiger partial charge in [-0.15, -0.1) is 0 Å². The lowest BCUT2D eigenvalue weighted by Gasteiger charge is -2.22. The molecule has 0 aliphatic carbocycles. The number of aromatic nitrogens is 4. The van der Waals surface area contributed by atoms with Crippen LogP contribution in [-0.4, -0.2) is 51.1 Å². The molecule has 3 N–H and O–H groups in total. The molecule has 194 valence electrons. The topological polar surface area (TPSA) is 109 Å². The second-order valence-corrected chi connectivity index (χ2v) is 9.29. The highest BCUT2D eigenvalue weighted by Gasteiger charge is 2.31. The van der Waals surface area contributed by atoms with Crippen molar-refractivity contribution in [1.82, 2.24) is 24.8 Å². The summed E-state index contributed by atoms with van der Waals surface area (Å²) in [6.07, 6.45) is -1.82. The van der Waals surface area contributed by atoms with Gasteiger partial charge in [-0.05, 0) is 48.4 Å². The SMILES string of the molecule is Cc1ccc(NC(=O)c2cc(C(F)(F)F)ccn2)cc1-c1cc2cnc(=NC3CNC3)nc-2n2c1NCC2. The van der Waals surface area contributed by atoms with E-state index in [-0.39, 0.29) is 11.7 Å². The molecule has 1 fully saturated rings. The predicted molar refractivity (Wildman–Crippen MR) is 135 cm³/mol. The van der Waals surface area contributed by atoms with Crippen LogP contribution < -0.4 is 21.6 Å². The maximum Gasteiger partial charge on any atom is 0.416 e. The molecule has 0 radical (unpaired) electrons. The monoisotopic (exact) mass is 520 g/mol. The van der Waals surface area contributed by atoms with Gasteiger partial charge in [0, 0.05) is 55.4 Å². The number of carbonyl (C=O) groups excluding carboxylic acids is 1. The normalized spacial score (nSPS) is 15.7. The average molecular weight is 521 g/mol. The Labute approximate surface area is 215 Å². The minimum absolute atomic E-state index is 0.189. The fourth-order valence-corrected chi connectivity index (χ4v) is 4.57. The number of benzene rings is 1. The van der Waals surface area contributed by atoms with Crippen LogP contribution in [0.25, 0.3) is 22.5 Å².